The number of imidazole rings is 1. The Kier molecular flexibility index (Phi) is 4.28. The first kappa shape index (κ1) is 17.0. The lowest BCUT2D eigenvalue weighted by molar-refractivity contribution is 0.0754. The molecule has 0 radical (unpaired) electrons. The first-order chi connectivity index (χ1) is 13.2. The quantitative estimate of drug-likeness (QED) is 0.664. The standard InChI is InChI=1S/C24H28N2O/c1-16-4-2-3-5-21(16)17-8-10-19(11-9-17)24(27)23-22(18-6-7-18)13-12-20-14-25-15-26(20)23/h2-5,12-15,17-19,24,27H,6-11H2,1H3/t17?,19?,24-/m0/s1. The summed E-state index contributed by atoms with van der Waals surface area (Å²) in [5.41, 5.74) is 6.43. The smallest absolute Gasteiger partial charge is 0.0995 e. The normalized spacial score (nSPS) is 24.2. The van der Waals surface area contributed by atoms with E-state index in [9.17, 15) is 5.11 Å². The number of nitrogens with zero attached hydrogens (tertiary/aromatic N) is 2. The average molecular weight is 361 g/mol. The number of aromatic nitrogens is 2. The van der Waals surface area contributed by atoms with E-state index in [4.69, 9.17) is 0 Å². The number of fused-ring (bicyclic) bond motifs is 1. The average Bonchev–Trinajstić information content (AvgIpc) is 3.44. The zero-order chi connectivity index (χ0) is 18.4. The number of aryl methyl sites for hydroxylation is 1. The SMILES string of the molecule is Cc1ccccc1C1CCC([C@H](O)c2c(C3CC3)ccc3cncn23)CC1. The molecule has 3 aromatic rings. The topological polar surface area (TPSA) is 37.5 Å². The summed E-state index contributed by atoms with van der Waals surface area (Å²) >= 11 is 0. The van der Waals surface area contributed by atoms with E-state index < -0.39 is 6.10 Å². The molecule has 2 fully saturated rings. The lowest BCUT2D eigenvalue weighted by Gasteiger charge is -2.33. The molecule has 1 aromatic carbocycles. The monoisotopic (exact) mass is 360 g/mol. The molecule has 0 aliphatic heterocycles. The highest BCUT2D eigenvalue weighted by atomic mass is 16.3. The molecule has 2 aliphatic rings. The molecule has 0 spiro atoms. The van der Waals surface area contributed by atoms with Crippen molar-refractivity contribution < 1.29 is 5.11 Å². The van der Waals surface area contributed by atoms with Gasteiger partial charge >= 0.3 is 0 Å². The van der Waals surface area contributed by atoms with Crippen LogP contribution >= 0.6 is 0 Å². The number of hydrogen-bond acceptors (Lipinski definition) is 2. The predicted octanol–water partition coefficient (Wildman–Crippen LogP) is 5.53. The maximum Gasteiger partial charge on any atom is 0.0995 e. The van der Waals surface area contributed by atoms with E-state index >= 15 is 0 Å². The maximum absolute atomic E-state index is 11.4. The summed E-state index contributed by atoms with van der Waals surface area (Å²) in [4.78, 5) is 4.32. The third kappa shape index (κ3) is 3.08. The Morgan fingerprint density at radius 3 is 2.37 bits per heavy atom. The molecule has 0 bridgehead atoms. The molecule has 3 nitrogen and oxygen atoms in total. The molecule has 2 heterocycles. The van der Waals surface area contributed by atoms with Crippen molar-refractivity contribution in [1.29, 1.82) is 0 Å². The number of pyridine rings is 1. The van der Waals surface area contributed by atoms with Crippen molar-refractivity contribution in [1.82, 2.24) is 9.38 Å². The summed E-state index contributed by atoms with van der Waals surface area (Å²) in [5.74, 6) is 1.61. The second-order valence-electron chi connectivity index (χ2n) is 8.55. The van der Waals surface area contributed by atoms with Gasteiger partial charge in [0.05, 0.1) is 29.8 Å². The molecule has 1 N–H and O–H groups in total. The number of rotatable bonds is 4. The van der Waals surface area contributed by atoms with Crippen molar-refractivity contribution in [3.05, 3.63) is 71.3 Å². The molecule has 3 heteroatoms. The zero-order valence-corrected chi connectivity index (χ0v) is 16.0. The van der Waals surface area contributed by atoms with Crippen LogP contribution in [0.1, 0.15) is 78.8 Å². The summed E-state index contributed by atoms with van der Waals surface area (Å²) in [6, 6.07) is 13.2. The van der Waals surface area contributed by atoms with E-state index in [1.165, 1.54) is 42.4 Å². The van der Waals surface area contributed by atoms with Crippen LogP contribution in [-0.4, -0.2) is 14.5 Å². The summed E-state index contributed by atoms with van der Waals surface area (Å²) < 4.78 is 2.13. The second kappa shape index (κ2) is 6.79. The molecule has 140 valence electrons. The van der Waals surface area contributed by atoms with Crippen molar-refractivity contribution >= 4 is 5.52 Å². The van der Waals surface area contributed by atoms with Crippen LogP contribution in [0.2, 0.25) is 0 Å². The van der Waals surface area contributed by atoms with Crippen molar-refractivity contribution in [3.63, 3.8) is 0 Å². The lowest BCUT2D eigenvalue weighted by Crippen LogP contribution is -2.22. The minimum atomic E-state index is -0.392. The van der Waals surface area contributed by atoms with Crippen LogP contribution in [0.4, 0.5) is 0 Å². The first-order valence-electron chi connectivity index (χ1n) is 10.4. The van der Waals surface area contributed by atoms with Gasteiger partial charge in [0.1, 0.15) is 0 Å². The van der Waals surface area contributed by atoms with Gasteiger partial charge in [0.2, 0.25) is 0 Å². The van der Waals surface area contributed by atoms with Gasteiger partial charge in [-0.15, -0.1) is 0 Å². The van der Waals surface area contributed by atoms with Gasteiger partial charge in [-0.1, -0.05) is 30.3 Å². The van der Waals surface area contributed by atoms with Crippen LogP contribution in [0.25, 0.3) is 5.52 Å². The van der Waals surface area contributed by atoms with Crippen LogP contribution in [0, 0.1) is 12.8 Å². The summed E-state index contributed by atoms with van der Waals surface area (Å²) in [6.45, 7) is 2.22. The molecule has 2 saturated carbocycles. The molecule has 2 aromatic heterocycles. The summed E-state index contributed by atoms with van der Waals surface area (Å²) in [6.07, 6.45) is 10.4. The van der Waals surface area contributed by atoms with E-state index in [1.54, 1.807) is 0 Å². The van der Waals surface area contributed by atoms with Gasteiger partial charge in [0, 0.05) is 0 Å². The van der Waals surface area contributed by atoms with E-state index in [-0.39, 0.29) is 0 Å². The Morgan fingerprint density at radius 1 is 0.926 bits per heavy atom. The highest BCUT2D eigenvalue weighted by Crippen LogP contribution is 2.47. The summed E-state index contributed by atoms with van der Waals surface area (Å²) in [5, 5.41) is 11.4. The van der Waals surface area contributed by atoms with Gasteiger partial charge in [-0.2, -0.15) is 0 Å². The van der Waals surface area contributed by atoms with Gasteiger partial charge in [-0.05, 0) is 86.0 Å². The lowest BCUT2D eigenvalue weighted by atomic mass is 9.75. The Labute approximate surface area is 161 Å². The fraction of sp³-hybridized carbons (Fsp3) is 0.458. The third-order valence-corrected chi connectivity index (χ3v) is 6.80. The fourth-order valence-corrected chi connectivity index (χ4v) is 5.10. The van der Waals surface area contributed by atoms with Gasteiger partial charge in [0.15, 0.2) is 0 Å². The van der Waals surface area contributed by atoms with Crippen molar-refractivity contribution in [2.24, 2.45) is 5.92 Å². The molecule has 1 atom stereocenters. The van der Waals surface area contributed by atoms with Crippen LogP contribution in [-0.2, 0) is 0 Å². The van der Waals surface area contributed by atoms with Crippen LogP contribution in [0.3, 0.4) is 0 Å². The predicted molar refractivity (Wildman–Crippen MR) is 108 cm³/mol. The van der Waals surface area contributed by atoms with Crippen LogP contribution in [0.15, 0.2) is 48.9 Å². The van der Waals surface area contributed by atoms with E-state index in [1.807, 2.05) is 12.5 Å². The van der Waals surface area contributed by atoms with Crippen molar-refractivity contribution in [2.45, 2.75) is 63.4 Å². The molecule has 2 aliphatic carbocycles. The molecular weight excluding hydrogens is 332 g/mol. The van der Waals surface area contributed by atoms with E-state index in [2.05, 4.69) is 52.7 Å². The van der Waals surface area contributed by atoms with Crippen molar-refractivity contribution in [3.8, 4) is 0 Å². The highest BCUT2D eigenvalue weighted by molar-refractivity contribution is 5.50. The molecular formula is C24H28N2O. The maximum atomic E-state index is 11.4. The molecule has 0 unspecified atom stereocenters. The first-order valence-corrected chi connectivity index (χ1v) is 10.4. The zero-order valence-electron chi connectivity index (χ0n) is 16.0. The fourth-order valence-electron chi connectivity index (χ4n) is 5.10. The Balaban J connectivity index is 1.39. The van der Waals surface area contributed by atoms with Gasteiger partial charge in [-0.3, -0.25) is 0 Å². The van der Waals surface area contributed by atoms with E-state index in [0.717, 1.165) is 24.1 Å². The minimum Gasteiger partial charge on any atom is -0.387 e. The molecule has 27 heavy (non-hydrogen) atoms. The van der Waals surface area contributed by atoms with Gasteiger partial charge in [-0.25, -0.2) is 4.98 Å². The Bertz CT molecular complexity index is 948. The Hall–Kier alpha value is -2.13. The minimum absolute atomic E-state index is 0.343. The molecule has 0 amide bonds. The van der Waals surface area contributed by atoms with Crippen molar-refractivity contribution in [2.75, 3.05) is 0 Å². The Morgan fingerprint density at radius 2 is 1.63 bits per heavy atom. The van der Waals surface area contributed by atoms with Crippen LogP contribution in [0.5, 0.6) is 0 Å². The number of aliphatic hydroxyl groups excluding tert-OH is 1. The molecule has 0 saturated heterocycles. The second-order valence-corrected chi connectivity index (χ2v) is 8.55. The van der Waals surface area contributed by atoms with Crippen LogP contribution < -0.4 is 0 Å². The molecule has 5 rings (SSSR count). The third-order valence-electron chi connectivity index (χ3n) is 6.80. The summed E-state index contributed by atoms with van der Waals surface area (Å²) in [7, 11) is 0. The number of hydrogen-bond donors (Lipinski definition) is 1. The van der Waals surface area contributed by atoms with E-state index in [0.29, 0.717) is 17.8 Å². The number of aliphatic hydroxyl groups is 1. The highest BCUT2D eigenvalue weighted by Gasteiger charge is 2.34. The largest absolute Gasteiger partial charge is 0.387 e. The number of benzene rings is 1. The van der Waals surface area contributed by atoms with Gasteiger partial charge in [0.25, 0.3) is 0 Å². The van der Waals surface area contributed by atoms with Gasteiger partial charge < -0.3 is 9.51 Å².